The third-order valence-corrected chi connectivity index (χ3v) is 12.5. The second kappa shape index (κ2) is 13.6. The molecule has 0 aliphatic carbocycles. The Kier molecular flexibility index (Phi) is 7.54. The van der Waals surface area contributed by atoms with Gasteiger partial charge in [0.15, 0.2) is 17.5 Å². The Morgan fingerprint density at radius 3 is 1.56 bits per heavy atom. The fourth-order valence-electron chi connectivity index (χ4n) is 9.72. The maximum Gasteiger partial charge on any atom is 0.166 e. The van der Waals surface area contributed by atoms with Crippen LogP contribution in [0, 0.1) is 0 Å². The smallest absolute Gasteiger partial charge is 0.166 e. The summed E-state index contributed by atoms with van der Waals surface area (Å²) in [7, 11) is 0. The van der Waals surface area contributed by atoms with Crippen LogP contribution in [0.4, 0.5) is 0 Å². The van der Waals surface area contributed by atoms with Gasteiger partial charge in [0.25, 0.3) is 0 Å². The predicted octanol–water partition coefficient (Wildman–Crippen LogP) is 14.5. The topological polar surface area (TPSA) is 48.5 Å². The maximum atomic E-state index is 5.29. The van der Waals surface area contributed by atoms with E-state index in [9.17, 15) is 0 Å². The van der Waals surface area contributed by atoms with Gasteiger partial charge in [-0.3, -0.25) is 0 Å². The van der Waals surface area contributed by atoms with E-state index < -0.39 is 0 Å². The van der Waals surface area contributed by atoms with Gasteiger partial charge in [-0.2, -0.15) is 0 Å². The van der Waals surface area contributed by atoms with E-state index in [2.05, 4.69) is 185 Å². The van der Waals surface area contributed by atoms with Crippen LogP contribution in [0.3, 0.4) is 0 Å². The molecule has 0 amide bonds. The van der Waals surface area contributed by atoms with Crippen LogP contribution in [0.1, 0.15) is 0 Å². The van der Waals surface area contributed by atoms with E-state index >= 15 is 0 Å². The zero-order valence-corrected chi connectivity index (χ0v) is 33.4. The first kappa shape index (κ1) is 34.5. The minimum atomic E-state index is 0.625. The Hall–Kier alpha value is -8.41. The molecule has 62 heavy (non-hydrogen) atoms. The number of nitrogens with zero attached hydrogens (tertiary/aromatic N) is 5. The van der Waals surface area contributed by atoms with Crippen molar-refractivity contribution in [2.75, 3.05) is 0 Å². The second-order valence-electron chi connectivity index (χ2n) is 16.0. The summed E-state index contributed by atoms with van der Waals surface area (Å²) < 4.78 is 4.83. The lowest BCUT2D eigenvalue weighted by atomic mass is 10.0. The summed E-state index contributed by atoms with van der Waals surface area (Å²) in [6.07, 6.45) is 0. The lowest BCUT2D eigenvalue weighted by Gasteiger charge is -2.17. The molecule has 13 rings (SSSR count). The zero-order chi connectivity index (χ0) is 40.7. The van der Waals surface area contributed by atoms with E-state index in [0.29, 0.717) is 17.5 Å². The first-order valence-electron chi connectivity index (χ1n) is 21.0. The van der Waals surface area contributed by atoms with E-state index in [-0.39, 0.29) is 0 Å². The van der Waals surface area contributed by atoms with Gasteiger partial charge >= 0.3 is 0 Å². The lowest BCUT2D eigenvalue weighted by molar-refractivity contribution is 1.07. The third kappa shape index (κ3) is 5.25. The Balaban J connectivity index is 1.07. The Morgan fingerprint density at radius 2 is 0.839 bits per heavy atom. The summed E-state index contributed by atoms with van der Waals surface area (Å²) in [5.41, 5.74) is 9.61. The molecule has 0 radical (unpaired) electrons. The number of fused-ring (bicyclic) bond motifs is 10. The minimum absolute atomic E-state index is 0.625. The van der Waals surface area contributed by atoms with Gasteiger partial charge in [0.2, 0.25) is 0 Å². The minimum Gasteiger partial charge on any atom is -0.309 e. The molecule has 0 atom stereocenters. The largest absolute Gasteiger partial charge is 0.309 e. The second-order valence-corrected chi connectivity index (χ2v) is 16.0. The van der Waals surface area contributed by atoms with Crippen LogP contribution < -0.4 is 0 Å². The number of rotatable bonds is 5. The molecule has 3 heterocycles. The molecule has 0 aliphatic rings. The first-order chi connectivity index (χ1) is 30.7. The third-order valence-electron chi connectivity index (χ3n) is 12.5. The van der Waals surface area contributed by atoms with Gasteiger partial charge in [0.1, 0.15) is 0 Å². The molecule has 0 saturated carbocycles. The Labute approximate surface area is 356 Å². The summed E-state index contributed by atoms with van der Waals surface area (Å²) in [4.78, 5) is 15.6. The van der Waals surface area contributed by atoms with Crippen molar-refractivity contribution in [3.63, 3.8) is 0 Å². The van der Waals surface area contributed by atoms with Crippen LogP contribution in [0.2, 0.25) is 0 Å². The SMILES string of the molecule is c1ccc(-c2nc(-c3ccccc3)nc(-c3c(-n4c5ccccc5c5cc6cc(-n7c8ccccc8c8c9ccccc9ccc87)ccc6cc54)ccc4ccccc34)n2)cc1. The molecular formula is C57H35N5. The van der Waals surface area contributed by atoms with Crippen molar-refractivity contribution in [1.82, 2.24) is 24.1 Å². The highest BCUT2D eigenvalue weighted by atomic mass is 15.1. The summed E-state index contributed by atoms with van der Waals surface area (Å²) in [5.74, 6) is 1.89. The zero-order valence-electron chi connectivity index (χ0n) is 33.4. The average Bonchev–Trinajstić information content (AvgIpc) is 3.85. The van der Waals surface area contributed by atoms with Crippen molar-refractivity contribution < 1.29 is 0 Å². The Bertz CT molecular complexity index is 3860. The van der Waals surface area contributed by atoms with Crippen LogP contribution in [-0.2, 0) is 0 Å². The molecule has 0 bridgehead atoms. The fraction of sp³-hybridized carbons (Fsp3) is 0. The molecule has 0 unspecified atom stereocenters. The summed E-state index contributed by atoms with van der Waals surface area (Å²) in [5, 5.41) is 12.0. The molecule has 288 valence electrons. The van der Waals surface area contributed by atoms with Crippen molar-refractivity contribution in [3.05, 3.63) is 212 Å². The van der Waals surface area contributed by atoms with Gasteiger partial charge < -0.3 is 9.13 Å². The first-order valence-corrected chi connectivity index (χ1v) is 21.0. The van der Waals surface area contributed by atoms with Crippen LogP contribution in [0.5, 0.6) is 0 Å². The molecule has 3 aromatic heterocycles. The van der Waals surface area contributed by atoms with Crippen LogP contribution in [0.15, 0.2) is 212 Å². The van der Waals surface area contributed by atoms with Gasteiger partial charge in [-0.1, -0.05) is 164 Å². The molecule has 0 N–H and O–H groups in total. The molecule has 0 fully saturated rings. The number of hydrogen-bond donors (Lipinski definition) is 0. The molecule has 5 nitrogen and oxygen atoms in total. The average molecular weight is 790 g/mol. The highest BCUT2D eigenvalue weighted by Gasteiger charge is 2.22. The maximum absolute atomic E-state index is 5.29. The van der Waals surface area contributed by atoms with E-state index in [1.165, 1.54) is 48.7 Å². The van der Waals surface area contributed by atoms with Crippen molar-refractivity contribution in [1.29, 1.82) is 0 Å². The van der Waals surface area contributed by atoms with Gasteiger partial charge in [-0.25, -0.2) is 15.0 Å². The number of hydrogen-bond acceptors (Lipinski definition) is 3. The van der Waals surface area contributed by atoms with Crippen molar-refractivity contribution in [3.8, 4) is 45.5 Å². The molecule has 13 aromatic rings. The molecule has 0 saturated heterocycles. The Morgan fingerprint density at radius 1 is 0.290 bits per heavy atom. The lowest BCUT2D eigenvalue weighted by Crippen LogP contribution is -2.04. The van der Waals surface area contributed by atoms with Crippen LogP contribution >= 0.6 is 0 Å². The van der Waals surface area contributed by atoms with E-state index in [4.69, 9.17) is 15.0 Å². The van der Waals surface area contributed by atoms with Crippen molar-refractivity contribution in [2.24, 2.45) is 0 Å². The fourth-order valence-corrected chi connectivity index (χ4v) is 9.72. The van der Waals surface area contributed by atoms with Gasteiger partial charge in [-0.05, 0) is 80.8 Å². The van der Waals surface area contributed by atoms with Crippen molar-refractivity contribution >= 4 is 75.9 Å². The summed E-state index contributed by atoms with van der Waals surface area (Å²) in [6, 6.07) is 75.7. The van der Waals surface area contributed by atoms with E-state index in [0.717, 1.165) is 55.3 Å². The van der Waals surface area contributed by atoms with E-state index in [1.54, 1.807) is 0 Å². The quantitative estimate of drug-likeness (QED) is 0.174. The number of aromatic nitrogens is 5. The molecule has 0 spiro atoms. The monoisotopic (exact) mass is 789 g/mol. The van der Waals surface area contributed by atoms with Gasteiger partial charge in [0.05, 0.1) is 33.3 Å². The van der Waals surface area contributed by atoms with Gasteiger partial charge in [-0.15, -0.1) is 0 Å². The summed E-state index contributed by atoms with van der Waals surface area (Å²) in [6.45, 7) is 0. The van der Waals surface area contributed by atoms with E-state index in [1.807, 2.05) is 36.4 Å². The van der Waals surface area contributed by atoms with Crippen molar-refractivity contribution in [2.45, 2.75) is 0 Å². The predicted molar refractivity (Wildman–Crippen MR) is 257 cm³/mol. The summed E-state index contributed by atoms with van der Waals surface area (Å²) >= 11 is 0. The van der Waals surface area contributed by atoms with Crippen LogP contribution in [-0.4, -0.2) is 24.1 Å². The van der Waals surface area contributed by atoms with Crippen LogP contribution in [0.25, 0.3) is 121 Å². The molecule has 0 aliphatic heterocycles. The highest BCUT2D eigenvalue weighted by Crippen LogP contribution is 2.42. The highest BCUT2D eigenvalue weighted by molar-refractivity contribution is 6.21. The molecule has 10 aromatic carbocycles. The molecule has 5 heteroatoms. The standard InChI is InChI=1S/C57H35N5/c1-3-17-38(18-4-1)55-58-56(39-19-5-2-6-20-39)60-57(59-55)54-44-22-10-8-16-37(44)29-32-51(54)62-48-25-13-11-23-45(48)47-34-41-33-42(30-27-40(41)35-52(47)62)61-49-26-14-12-24-46(49)53-43-21-9-7-15-36(43)28-31-50(53)61/h1-35H. The number of para-hydroxylation sites is 2. The normalized spacial score (nSPS) is 11.9. The number of benzene rings is 10. The molecular weight excluding hydrogens is 755 g/mol. The van der Waals surface area contributed by atoms with Gasteiger partial charge in [0, 0.05) is 38.4 Å².